The summed E-state index contributed by atoms with van der Waals surface area (Å²) in [6.45, 7) is 0. The number of benzene rings is 3. The lowest BCUT2D eigenvalue weighted by molar-refractivity contribution is -0.133. The Kier molecular flexibility index (Phi) is 5.09. The van der Waals surface area contributed by atoms with Crippen LogP contribution in [0.4, 0.5) is 13.2 Å². The molecule has 1 fully saturated rings. The number of nitrogens with zero attached hydrogens (tertiary/aromatic N) is 1. The molecule has 2 heterocycles. The fraction of sp³-hybridized carbons (Fsp3) is 0.276. The van der Waals surface area contributed by atoms with Crippen LogP contribution in [0.2, 0.25) is 0 Å². The number of aromatic nitrogens is 1. The Bertz CT molecular complexity index is 1510. The van der Waals surface area contributed by atoms with Gasteiger partial charge in [-0.05, 0) is 66.0 Å². The van der Waals surface area contributed by atoms with Gasteiger partial charge < -0.3 is 4.42 Å². The molecule has 2 nitrogen and oxygen atoms in total. The van der Waals surface area contributed by atoms with Gasteiger partial charge in [-0.1, -0.05) is 49.2 Å². The Morgan fingerprint density at radius 1 is 0.882 bits per heavy atom. The number of fused-ring (bicyclic) bond motifs is 4. The summed E-state index contributed by atoms with van der Waals surface area (Å²) >= 11 is 0. The Labute approximate surface area is 195 Å². The minimum absolute atomic E-state index is 0.0257. The average Bonchev–Trinajstić information content (AvgIpc) is 3.49. The van der Waals surface area contributed by atoms with Crippen LogP contribution in [-0.4, -0.2) is 11.2 Å². The molecule has 0 radical (unpaired) electrons. The minimum Gasteiger partial charge on any atom is -0.455 e. The van der Waals surface area contributed by atoms with Crippen molar-refractivity contribution in [3.63, 3.8) is 0 Å². The topological polar surface area (TPSA) is 26.0 Å². The third kappa shape index (κ3) is 3.83. The van der Waals surface area contributed by atoms with Crippen LogP contribution in [0.1, 0.15) is 49.1 Å². The van der Waals surface area contributed by atoms with Crippen LogP contribution in [-0.2, 0) is 6.42 Å². The number of rotatable bonds is 4. The Morgan fingerprint density at radius 3 is 2.53 bits per heavy atom. The van der Waals surface area contributed by atoms with E-state index in [2.05, 4.69) is 18.2 Å². The number of pyridine rings is 1. The molecule has 0 aliphatic heterocycles. The third-order valence-electron chi connectivity index (χ3n) is 7.11. The van der Waals surface area contributed by atoms with Crippen molar-refractivity contribution >= 4 is 32.7 Å². The second kappa shape index (κ2) is 8.15. The van der Waals surface area contributed by atoms with E-state index in [1.165, 1.54) is 31.2 Å². The molecule has 1 aliphatic rings. The Morgan fingerprint density at radius 2 is 1.71 bits per heavy atom. The van der Waals surface area contributed by atoms with Gasteiger partial charge in [0, 0.05) is 34.3 Å². The molecular formula is C29H24F3NO. The van der Waals surface area contributed by atoms with Gasteiger partial charge in [0.05, 0.1) is 5.69 Å². The summed E-state index contributed by atoms with van der Waals surface area (Å²) in [5.41, 5.74) is 5.40. The first-order chi connectivity index (χ1) is 16.5. The Hall–Kier alpha value is -3.34. The van der Waals surface area contributed by atoms with Crippen molar-refractivity contribution in [1.29, 1.82) is 0 Å². The molecule has 6 rings (SSSR count). The van der Waals surface area contributed by atoms with Gasteiger partial charge in [0.2, 0.25) is 0 Å². The smallest absolute Gasteiger partial charge is 0.389 e. The van der Waals surface area contributed by atoms with Gasteiger partial charge in [0.1, 0.15) is 11.2 Å². The van der Waals surface area contributed by atoms with Crippen molar-refractivity contribution in [2.75, 3.05) is 0 Å². The van der Waals surface area contributed by atoms with E-state index in [9.17, 15) is 13.2 Å². The number of aryl methyl sites for hydroxylation is 1. The van der Waals surface area contributed by atoms with Crippen LogP contribution >= 0.6 is 0 Å². The summed E-state index contributed by atoms with van der Waals surface area (Å²) in [6, 6.07) is 20.0. The van der Waals surface area contributed by atoms with Gasteiger partial charge in [-0.15, -0.1) is 0 Å². The van der Waals surface area contributed by atoms with Gasteiger partial charge in [-0.25, -0.2) is 0 Å². The zero-order chi connectivity index (χ0) is 23.3. The van der Waals surface area contributed by atoms with Crippen molar-refractivity contribution in [3.05, 3.63) is 78.0 Å². The first kappa shape index (κ1) is 21.2. The molecule has 0 unspecified atom stereocenters. The largest absolute Gasteiger partial charge is 0.455 e. The monoisotopic (exact) mass is 459 g/mol. The maximum absolute atomic E-state index is 12.7. The third-order valence-corrected chi connectivity index (χ3v) is 7.11. The van der Waals surface area contributed by atoms with Crippen molar-refractivity contribution < 1.29 is 17.6 Å². The summed E-state index contributed by atoms with van der Waals surface area (Å²) in [5.74, 6) is 0.528. The molecule has 1 saturated carbocycles. The van der Waals surface area contributed by atoms with Crippen LogP contribution < -0.4 is 0 Å². The van der Waals surface area contributed by atoms with Crippen LogP contribution in [0.5, 0.6) is 0 Å². The molecule has 5 heteroatoms. The zero-order valence-corrected chi connectivity index (χ0v) is 18.7. The molecule has 3 aromatic carbocycles. The van der Waals surface area contributed by atoms with E-state index in [1.807, 2.05) is 36.4 Å². The minimum atomic E-state index is -4.16. The van der Waals surface area contributed by atoms with Crippen molar-refractivity contribution in [2.45, 2.75) is 50.6 Å². The molecule has 34 heavy (non-hydrogen) atoms. The normalized spacial score (nSPS) is 15.1. The molecule has 5 aromatic rings. The average molecular weight is 460 g/mol. The number of furan rings is 1. The van der Waals surface area contributed by atoms with E-state index in [0.29, 0.717) is 11.5 Å². The predicted molar refractivity (Wildman–Crippen MR) is 130 cm³/mol. The molecule has 0 saturated heterocycles. The lowest BCUT2D eigenvalue weighted by Crippen LogP contribution is -2.08. The highest BCUT2D eigenvalue weighted by Gasteiger charge is 2.26. The van der Waals surface area contributed by atoms with Crippen molar-refractivity contribution in [2.24, 2.45) is 0 Å². The standard InChI is InChI=1S/C29H24F3NO/c30-29(31,32)13-11-18-9-10-22-20(15-18)12-14-33-27(22)25-17-21(19-5-1-2-6-19)16-24-23-7-3-4-8-26(23)34-28(24)25/h3-4,7-10,12,14-17,19H,1-2,5-6,11,13H2. The van der Waals surface area contributed by atoms with Gasteiger partial charge >= 0.3 is 6.18 Å². The molecule has 172 valence electrons. The van der Waals surface area contributed by atoms with Crippen LogP contribution in [0.3, 0.4) is 0 Å². The highest BCUT2D eigenvalue weighted by Crippen LogP contribution is 2.43. The lowest BCUT2D eigenvalue weighted by atomic mass is 9.91. The van der Waals surface area contributed by atoms with E-state index in [1.54, 1.807) is 12.3 Å². The van der Waals surface area contributed by atoms with Crippen LogP contribution in [0.25, 0.3) is 44.0 Å². The highest BCUT2D eigenvalue weighted by molar-refractivity contribution is 6.11. The zero-order valence-electron chi connectivity index (χ0n) is 18.7. The highest BCUT2D eigenvalue weighted by atomic mass is 19.4. The molecule has 0 amide bonds. The lowest BCUT2D eigenvalue weighted by Gasteiger charge is -2.14. The van der Waals surface area contributed by atoms with E-state index in [0.717, 1.165) is 44.0 Å². The van der Waals surface area contributed by atoms with Crippen LogP contribution in [0.15, 0.2) is 71.3 Å². The van der Waals surface area contributed by atoms with E-state index in [-0.39, 0.29) is 6.42 Å². The summed E-state index contributed by atoms with van der Waals surface area (Å²) in [4.78, 5) is 4.74. The molecule has 1 aliphatic carbocycles. The van der Waals surface area contributed by atoms with Gasteiger partial charge in [0.15, 0.2) is 0 Å². The number of hydrogen-bond acceptors (Lipinski definition) is 2. The molecule has 0 N–H and O–H groups in total. The first-order valence-corrected chi connectivity index (χ1v) is 11.9. The van der Waals surface area contributed by atoms with Crippen molar-refractivity contribution in [1.82, 2.24) is 4.98 Å². The maximum Gasteiger partial charge on any atom is 0.389 e. The van der Waals surface area contributed by atoms with Gasteiger partial charge in [-0.3, -0.25) is 4.98 Å². The van der Waals surface area contributed by atoms with Gasteiger partial charge in [-0.2, -0.15) is 13.2 Å². The number of halogens is 3. The van der Waals surface area contributed by atoms with Crippen molar-refractivity contribution in [3.8, 4) is 11.3 Å². The van der Waals surface area contributed by atoms with E-state index in [4.69, 9.17) is 9.40 Å². The number of para-hydroxylation sites is 1. The second-order valence-electron chi connectivity index (χ2n) is 9.35. The number of hydrogen-bond donors (Lipinski definition) is 0. The molecule has 2 aromatic heterocycles. The molecule has 0 atom stereocenters. The summed E-state index contributed by atoms with van der Waals surface area (Å²) in [7, 11) is 0. The Balaban J connectivity index is 1.54. The SMILES string of the molecule is FC(F)(F)CCc1ccc2c(-c3cc(C4CCCC4)cc4c3oc3ccccc34)nccc2c1. The quantitative estimate of drug-likeness (QED) is 0.268. The number of alkyl halides is 3. The molecule has 0 spiro atoms. The molecular weight excluding hydrogens is 435 g/mol. The first-order valence-electron chi connectivity index (χ1n) is 11.9. The summed E-state index contributed by atoms with van der Waals surface area (Å²) in [6.07, 6.45) is 1.60. The van der Waals surface area contributed by atoms with E-state index < -0.39 is 12.6 Å². The predicted octanol–water partition coefficient (Wildman–Crippen LogP) is 8.95. The fourth-order valence-corrected chi connectivity index (χ4v) is 5.40. The van der Waals surface area contributed by atoms with Crippen LogP contribution in [0, 0.1) is 0 Å². The second-order valence-corrected chi connectivity index (χ2v) is 9.35. The maximum atomic E-state index is 12.7. The fourth-order valence-electron chi connectivity index (χ4n) is 5.40. The molecule has 0 bridgehead atoms. The summed E-state index contributed by atoms with van der Waals surface area (Å²) in [5, 5.41) is 3.99. The van der Waals surface area contributed by atoms with Gasteiger partial charge in [0.25, 0.3) is 0 Å². The summed E-state index contributed by atoms with van der Waals surface area (Å²) < 4.78 is 44.5. The van der Waals surface area contributed by atoms with E-state index >= 15 is 0 Å².